The average Bonchev–Trinajstić information content (AvgIpc) is 2.54. The van der Waals surface area contributed by atoms with Crippen LogP contribution in [-0.4, -0.2) is 19.2 Å². The number of benzene rings is 1. The van der Waals surface area contributed by atoms with Crippen molar-refractivity contribution in [2.45, 2.75) is 58.3 Å². The molecule has 1 heterocycles. The molecule has 3 nitrogen and oxygen atoms in total. The van der Waals surface area contributed by atoms with Crippen molar-refractivity contribution in [3.63, 3.8) is 0 Å². The molecule has 1 aromatic carbocycles. The Kier molecular flexibility index (Phi) is 7.27. The van der Waals surface area contributed by atoms with Gasteiger partial charge in [0.15, 0.2) is 0 Å². The third-order valence-corrected chi connectivity index (χ3v) is 4.17. The molecule has 0 radical (unpaired) electrons. The van der Waals surface area contributed by atoms with Gasteiger partial charge in [-0.15, -0.1) is 0 Å². The molecule has 0 saturated carbocycles. The molecule has 0 saturated heterocycles. The van der Waals surface area contributed by atoms with Gasteiger partial charge in [0.1, 0.15) is 5.75 Å². The molecule has 0 fully saturated rings. The molecular formula is C19H28O3. The fourth-order valence-electron chi connectivity index (χ4n) is 2.88. The molecule has 0 N–H and O–H groups in total. The van der Waals surface area contributed by atoms with E-state index in [1.807, 2.05) is 18.2 Å². The lowest BCUT2D eigenvalue weighted by atomic mass is 9.94. The summed E-state index contributed by atoms with van der Waals surface area (Å²) < 4.78 is 11.1. The van der Waals surface area contributed by atoms with E-state index in [1.165, 1.54) is 31.2 Å². The van der Waals surface area contributed by atoms with Gasteiger partial charge < -0.3 is 9.47 Å². The lowest BCUT2D eigenvalue weighted by Gasteiger charge is -2.24. The first-order valence-electron chi connectivity index (χ1n) is 8.66. The molecule has 0 spiro atoms. The summed E-state index contributed by atoms with van der Waals surface area (Å²) in [6, 6.07) is 8.06. The Morgan fingerprint density at radius 3 is 2.82 bits per heavy atom. The van der Waals surface area contributed by atoms with Crippen LogP contribution < -0.4 is 4.74 Å². The molecule has 0 aliphatic carbocycles. The Morgan fingerprint density at radius 2 is 1.95 bits per heavy atom. The number of unbranched alkanes of at least 4 members (excludes halogenated alkanes) is 5. The Hall–Kier alpha value is -1.51. The number of hydrogen-bond donors (Lipinski definition) is 0. The van der Waals surface area contributed by atoms with E-state index in [0.29, 0.717) is 19.6 Å². The molecule has 122 valence electrons. The quantitative estimate of drug-likeness (QED) is 0.496. The molecule has 22 heavy (non-hydrogen) atoms. The fourth-order valence-corrected chi connectivity index (χ4v) is 2.88. The van der Waals surface area contributed by atoms with Crippen LogP contribution in [0.25, 0.3) is 0 Å². The van der Waals surface area contributed by atoms with Gasteiger partial charge in [-0.1, -0.05) is 57.2 Å². The van der Waals surface area contributed by atoms with E-state index in [2.05, 4.69) is 13.0 Å². The lowest BCUT2D eigenvalue weighted by molar-refractivity contribution is -0.145. The second-order valence-electron chi connectivity index (χ2n) is 6.18. The van der Waals surface area contributed by atoms with Crippen molar-refractivity contribution in [2.24, 2.45) is 5.92 Å². The van der Waals surface area contributed by atoms with Crippen LogP contribution in [0.5, 0.6) is 5.75 Å². The average molecular weight is 304 g/mol. The van der Waals surface area contributed by atoms with Crippen molar-refractivity contribution in [1.82, 2.24) is 0 Å². The van der Waals surface area contributed by atoms with Gasteiger partial charge in [-0.3, -0.25) is 4.79 Å². The highest BCUT2D eigenvalue weighted by atomic mass is 16.5. The zero-order valence-corrected chi connectivity index (χ0v) is 13.7. The molecule has 1 unspecified atom stereocenters. The third-order valence-electron chi connectivity index (χ3n) is 4.17. The molecule has 3 heteroatoms. The summed E-state index contributed by atoms with van der Waals surface area (Å²) in [6.45, 7) is 3.40. The summed E-state index contributed by atoms with van der Waals surface area (Å²) in [5, 5.41) is 0. The first-order valence-corrected chi connectivity index (χ1v) is 8.66. The normalized spacial score (nSPS) is 16.7. The van der Waals surface area contributed by atoms with Gasteiger partial charge in [-0.2, -0.15) is 0 Å². The molecule has 1 atom stereocenters. The predicted octanol–water partition coefficient (Wildman–Crippen LogP) is 4.53. The van der Waals surface area contributed by atoms with Gasteiger partial charge in [0.05, 0.1) is 19.6 Å². The Balaban J connectivity index is 1.58. The van der Waals surface area contributed by atoms with Gasteiger partial charge in [-0.25, -0.2) is 0 Å². The summed E-state index contributed by atoms with van der Waals surface area (Å²) in [6.07, 6.45) is 8.63. The zero-order chi connectivity index (χ0) is 15.6. The van der Waals surface area contributed by atoms with Crippen LogP contribution in [-0.2, 0) is 16.0 Å². The highest BCUT2D eigenvalue weighted by Gasteiger charge is 2.22. The van der Waals surface area contributed by atoms with E-state index in [1.54, 1.807) is 0 Å². The van der Waals surface area contributed by atoms with Gasteiger partial charge >= 0.3 is 5.97 Å². The van der Waals surface area contributed by atoms with Crippen LogP contribution in [0.4, 0.5) is 0 Å². The van der Waals surface area contributed by atoms with Crippen LogP contribution in [0.2, 0.25) is 0 Å². The van der Waals surface area contributed by atoms with Gasteiger partial charge in [0, 0.05) is 5.92 Å². The number of fused-ring (bicyclic) bond motifs is 1. The van der Waals surface area contributed by atoms with Gasteiger partial charge in [0.2, 0.25) is 0 Å². The maximum absolute atomic E-state index is 11.9. The van der Waals surface area contributed by atoms with Crippen molar-refractivity contribution >= 4 is 5.97 Å². The topological polar surface area (TPSA) is 35.5 Å². The molecule has 1 aliphatic heterocycles. The first-order chi connectivity index (χ1) is 10.8. The molecule has 0 aromatic heterocycles. The zero-order valence-electron chi connectivity index (χ0n) is 13.7. The van der Waals surface area contributed by atoms with E-state index in [9.17, 15) is 4.79 Å². The summed E-state index contributed by atoms with van der Waals surface area (Å²) in [7, 11) is 0. The molecule has 0 bridgehead atoms. The van der Waals surface area contributed by atoms with E-state index in [-0.39, 0.29) is 11.9 Å². The van der Waals surface area contributed by atoms with Crippen LogP contribution in [0.3, 0.4) is 0 Å². The van der Waals surface area contributed by atoms with Crippen molar-refractivity contribution in [2.75, 3.05) is 13.2 Å². The minimum atomic E-state index is -0.0819. The van der Waals surface area contributed by atoms with E-state index in [4.69, 9.17) is 9.47 Å². The van der Waals surface area contributed by atoms with E-state index in [0.717, 1.165) is 25.0 Å². The second kappa shape index (κ2) is 9.50. The second-order valence-corrected chi connectivity index (χ2v) is 6.18. The number of ether oxygens (including phenoxy) is 2. The van der Waals surface area contributed by atoms with Crippen molar-refractivity contribution < 1.29 is 14.3 Å². The summed E-state index contributed by atoms with van der Waals surface area (Å²) in [5.41, 5.74) is 1.20. The highest BCUT2D eigenvalue weighted by Crippen LogP contribution is 2.28. The van der Waals surface area contributed by atoms with Crippen LogP contribution in [0.1, 0.15) is 57.4 Å². The smallest absolute Gasteiger partial charge is 0.306 e. The SMILES string of the molecule is CCCCCCCCOC(=O)CC1COc2ccccc2C1. The van der Waals surface area contributed by atoms with Crippen LogP contribution in [0.15, 0.2) is 24.3 Å². The predicted molar refractivity (Wildman–Crippen MR) is 88.1 cm³/mol. The van der Waals surface area contributed by atoms with Gasteiger partial charge in [0.25, 0.3) is 0 Å². The van der Waals surface area contributed by atoms with Crippen molar-refractivity contribution in [1.29, 1.82) is 0 Å². The number of rotatable bonds is 9. The summed E-state index contributed by atoms with van der Waals surface area (Å²) in [5.74, 6) is 1.12. The lowest BCUT2D eigenvalue weighted by Crippen LogP contribution is -2.24. The molecular weight excluding hydrogens is 276 g/mol. The summed E-state index contributed by atoms with van der Waals surface area (Å²) in [4.78, 5) is 11.9. The number of esters is 1. The number of carbonyl (C=O) groups excluding carboxylic acids is 1. The molecule has 1 aromatic rings. The maximum Gasteiger partial charge on any atom is 0.306 e. The summed E-state index contributed by atoms with van der Waals surface area (Å²) >= 11 is 0. The largest absolute Gasteiger partial charge is 0.493 e. The van der Waals surface area contributed by atoms with Crippen molar-refractivity contribution in [3.8, 4) is 5.75 Å². The Bertz CT molecular complexity index is 456. The van der Waals surface area contributed by atoms with Crippen molar-refractivity contribution in [3.05, 3.63) is 29.8 Å². The molecule has 1 aliphatic rings. The first kappa shape index (κ1) is 16.9. The Morgan fingerprint density at radius 1 is 1.18 bits per heavy atom. The monoisotopic (exact) mass is 304 g/mol. The van der Waals surface area contributed by atoms with E-state index >= 15 is 0 Å². The van der Waals surface area contributed by atoms with Gasteiger partial charge in [-0.05, 0) is 24.5 Å². The van der Waals surface area contributed by atoms with E-state index < -0.39 is 0 Å². The minimum Gasteiger partial charge on any atom is -0.493 e. The highest BCUT2D eigenvalue weighted by molar-refractivity contribution is 5.69. The van der Waals surface area contributed by atoms with Crippen LogP contribution >= 0.6 is 0 Å². The molecule has 2 rings (SSSR count). The maximum atomic E-state index is 11.9. The number of carbonyl (C=O) groups is 1. The standard InChI is InChI=1S/C19H28O3/c1-2-3-4-5-6-9-12-21-19(20)14-16-13-17-10-7-8-11-18(17)22-15-16/h7-8,10-11,16H,2-6,9,12-15H2,1H3. The fraction of sp³-hybridized carbons (Fsp3) is 0.632. The molecule has 0 amide bonds. The number of para-hydroxylation sites is 1. The minimum absolute atomic E-state index is 0.0819. The third kappa shape index (κ3) is 5.70. The Labute approximate surface area is 134 Å². The van der Waals surface area contributed by atoms with Crippen LogP contribution in [0, 0.1) is 5.92 Å². The number of hydrogen-bond acceptors (Lipinski definition) is 3.